The number of nitrogens with zero attached hydrogens (tertiary/aromatic N) is 1. The van der Waals surface area contributed by atoms with Crippen LogP contribution in [0, 0.1) is 6.92 Å². The number of halogens is 1. The van der Waals surface area contributed by atoms with Crippen molar-refractivity contribution in [3.8, 4) is 5.75 Å². The lowest BCUT2D eigenvalue weighted by Gasteiger charge is -2.12. The van der Waals surface area contributed by atoms with Gasteiger partial charge in [-0.3, -0.25) is 4.79 Å². The molecule has 0 saturated carbocycles. The van der Waals surface area contributed by atoms with E-state index in [0.717, 1.165) is 16.5 Å². The highest BCUT2D eigenvalue weighted by Gasteiger charge is 2.17. The van der Waals surface area contributed by atoms with Gasteiger partial charge in [-0.15, -0.1) is 0 Å². The van der Waals surface area contributed by atoms with Crippen LogP contribution in [0.25, 0.3) is 10.9 Å². The fourth-order valence-electron chi connectivity index (χ4n) is 2.63. The van der Waals surface area contributed by atoms with Gasteiger partial charge in [-0.05, 0) is 30.7 Å². The molecule has 3 rings (SSSR count). The van der Waals surface area contributed by atoms with Crippen molar-refractivity contribution < 1.29 is 19.1 Å². The van der Waals surface area contributed by atoms with Gasteiger partial charge in [-0.25, -0.2) is 9.78 Å². The first-order valence-corrected chi connectivity index (χ1v) is 8.56. The summed E-state index contributed by atoms with van der Waals surface area (Å²) < 4.78 is 10.6. The summed E-state index contributed by atoms with van der Waals surface area (Å²) in [7, 11) is 0. The highest BCUT2D eigenvalue weighted by Crippen LogP contribution is 2.28. The molecule has 0 bridgehead atoms. The van der Waals surface area contributed by atoms with Crippen LogP contribution in [0.1, 0.15) is 21.6 Å². The Bertz CT molecular complexity index is 1020. The quantitative estimate of drug-likeness (QED) is 0.657. The highest BCUT2D eigenvalue weighted by molar-refractivity contribution is 6.32. The first-order valence-electron chi connectivity index (χ1n) is 8.18. The molecule has 0 atom stereocenters. The lowest BCUT2D eigenvalue weighted by molar-refractivity contribution is -0.119. The summed E-state index contributed by atoms with van der Waals surface area (Å²) in [5.74, 6) is -1.03. The van der Waals surface area contributed by atoms with Crippen molar-refractivity contribution in [3.05, 3.63) is 70.4 Å². The number of ether oxygens (including phenoxy) is 2. The molecule has 138 valence electrons. The average molecular weight is 385 g/mol. The van der Waals surface area contributed by atoms with Crippen LogP contribution in [0.3, 0.4) is 0 Å². The Labute approximate surface area is 160 Å². The van der Waals surface area contributed by atoms with Crippen molar-refractivity contribution in [2.45, 2.75) is 13.5 Å². The molecule has 0 aliphatic heterocycles. The Morgan fingerprint density at radius 2 is 1.81 bits per heavy atom. The zero-order valence-corrected chi connectivity index (χ0v) is 15.3. The minimum atomic E-state index is -0.638. The second-order valence-electron chi connectivity index (χ2n) is 5.84. The van der Waals surface area contributed by atoms with Crippen LogP contribution in [0.15, 0.2) is 48.5 Å². The maximum absolute atomic E-state index is 12.5. The van der Waals surface area contributed by atoms with Gasteiger partial charge >= 0.3 is 5.97 Å². The molecule has 0 unspecified atom stereocenters. The Morgan fingerprint density at radius 3 is 2.59 bits per heavy atom. The predicted molar refractivity (Wildman–Crippen MR) is 102 cm³/mol. The van der Waals surface area contributed by atoms with Gasteiger partial charge < -0.3 is 15.2 Å². The van der Waals surface area contributed by atoms with Crippen LogP contribution < -0.4 is 10.5 Å². The summed E-state index contributed by atoms with van der Waals surface area (Å²) >= 11 is 6.39. The largest absolute Gasteiger partial charge is 0.483 e. The molecule has 3 aromatic rings. The Balaban J connectivity index is 1.80. The topological polar surface area (TPSA) is 91.5 Å². The van der Waals surface area contributed by atoms with Crippen molar-refractivity contribution in [3.63, 3.8) is 0 Å². The van der Waals surface area contributed by atoms with Crippen LogP contribution in [0.5, 0.6) is 5.75 Å². The van der Waals surface area contributed by atoms with Gasteiger partial charge in [0.1, 0.15) is 17.9 Å². The smallest absolute Gasteiger partial charge is 0.342 e. The molecular formula is C20H17ClN2O4. The van der Waals surface area contributed by atoms with E-state index in [1.165, 1.54) is 0 Å². The van der Waals surface area contributed by atoms with E-state index in [1.54, 1.807) is 24.3 Å². The van der Waals surface area contributed by atoms with Gasteiger partial charge in [0.25, 0.3) is 5.91 Å². The Kier molecular flexibility index (Phi) is 5.57. The molecule has 2 aromatic carbocycles. The van der Waals surface area contributed by atoms with Gasteiger partial charge in [0, 0.05) is 5.39 Å². The fraction of sp³-hybridized carbons (Fsp3) is 0.150. The van der Waals surface area contributed by atoms with Crippen molar-refractivity contribution in [1.29, 1.82) is 0 Å². The zero-order valence-electron chi connectivity index (χ0n) is 14.6. The second kappa shape index (κ2) is 8.05. The molecule has 0 aliphatic rings. The number of fused-ring (bicyclic) bond motifs is 1. The highest BCUT2D eigenvalue weighted by atomic mass is 35.5. The van der Waals surface area contributed by atoms with Crippen LogP contribution in [0.2, 0.25) is 5.02 Å². The van der Waals surface area contributed by atoms with Crippen LogP contribution >= 0.6 is 11.6 Å². The average Bonchev–Trinajstić information content (AvgIpc) is 2.68. The van der Waals surface area contributed by atoms with E-state index in [0.29, 0.717) is 10.7 Å². The third-order valence-electron chi connectivity index (χ3n) is 3.96. The van der Waals surface area contributed by atoms with E-state index < -0.39 is 11.9 Å². The number of hydrogen-bond donors (Lipinski definition) is 1. The van der Waals surface area contributed by atoms with Crippen molar-refractivity contribution in [2.24, 2.45) is 5.73 Å². The number of aromatic nitrogens is 1. The minimum Gasteiger partial charge on any atom is -0.483 e. The number of carbonyl (C=O) groups excluding carboxylic acids is 2. The molecular weight excluding hydrogens is 368 g/mol. The standard InChI is InChI=1S/C20H17ClN2O4/c1-12-13-6-2-4-8-15(13)23-16(19(12)21)10-27-20(25)14-7-3-5-9-17(14)26-11-18(22)24/h2-9H,10-11H2,1H3,(H2,22,24). The van der Waals surface area contributed by atoms with Gasteiger partial charge in [0.05, 0.1) is 16.2 Å². The summed E-state index contributed by atoms with van der Waals surface area (Å²) in [6.45, 7) is 1.47. The van der Waals surface area contributed by atoms with Crippen LogP contribution in [-0.2, 0) is 16.1 Å². The van der Waals surface area contributed by atoms with E-state index in [-0.39, 0.29) is 24.5 Å². The summed E-state index contributed by atoms with van der Waals surface area (Å²) in [6, 6.07) is 14.0. The maximum Gasteiger partial charge on any atom is 0.342 e. The van der Waals surface area contributed by atoms with Crippen molar-refractivity contribution >= 4 is 34.4 Å². The number of benzene rings is 2. The Hall–Kier alpha value is -3.12. The number of primary amides is 1. The van der Waals surface area contributed by atoms with E-state index in [2.05, 4.69) is 4.98 Å². The second-order valence-corrected chi connectivity index (χ2v) is 6.22. The number of rotatable bonds is 6. The first-order chi connectivity index (χ1) is 13.0. The van der Waals surface area contributed by atoms with Gasteiger partial charge in [0.2, 0.25) is 0 Å². The zero-order chi connectivity index (χ0) is 19.4. The number of pyridine rings is 1. The fourth-order valence-corrected chi connectivity index (χ4v) is 2.83. The maximum atomic E-state index is 12.5. The lowest BCUT2D eigenvalue weighted by Crippen LogP contribution is -2.21. The number of amides is 1. The van der Waals surface area contributed by atoms with E-state index >= 15 is 0 Å². The van der Waals surface area contributed by atoms with Crippen molar-refractivity contribution in [1.82, 2.24) is 4.98 Å². The molecule has 27 heavy (non-hydrogen) atoms. The molecule has 2 N–H and O–H groups in total. The van der Waals surface area contributed by atoms with Crippen molar-refractivity contribution in [2.75, 3.05) is 6.61 Å². The number of hydrogen-bond acceptors (Lipinski definition) is 5. The van der Waals surface area contributed by atoms with Crippen LogP contribution in [-0.4, -0.2) is 23.5 Å². The molecule has 0 aliphatic carbocycles. The molecule has 1 aromatic heterocycles. The monoisotopic (exact) mass is 384 g/mol. The van der Waals surface area contributed by atoms with Gasteiger partial charge in [0.15, 0.2) is 6.61 Å². The van der Waals surface area contributed by atoms with Crippen LogP contribution in [0.4, 0.5) is 0 Å². The third kappa shape index (κ3) is 4.17. The Morgan fingerprint density at radius 1 is 1.11 bits per heavy atom. The summed E-state index contributed by atoms with van der Waals surface area (Å²) in [5, 5.41) is 1.41. The van der Waals surface area contributed by atoms with Gasteiger partial charge in [-0.2, -0.15) is 0 Å². The number of aryl methyl sites for hydroxylation is 1. The molecule has 6 nitrogen and oxygen atoms in total. The first kappa shape index (κ1) is 18.7. The summed E-state index contributed by atoms with van der Waals surface area (Å²) in [5.41, 5.74) is 7.38. The summed E-state index contributed by atoms with van der Waals surface area (Å²) in [6.07, 6.45) is 0. The molecule has 0 spiro atoms. The number of nitrogens with two attached hydrogens (primary N) is 1. The van der Waals surface area contributed by atoms with E-state index in [9.17, 15) is 9.59 Å². The van der Waals surface area contributed by atoms with Gasteiger partial charge in [-0.1, -0.05) is 41.9 Å². The van der Waals surface area contributed by atoms with E-state index in [4.69, 9.17) is 26.8 Å². The minimum absolute atomic E-state index is 0.0898. The number of para-hydroxylation sites is 2. The third-order valence-corrected chi connectivity index (χ3v) is 4.46. The molecule has 0 radical (unpaired) electrons. The van der Waals surface area contributed by atoms with E-state index in [1.807, 2.05) is 31.2 Å². The lowest BCUT2D eigenvalue weighted by atomic mass is 10.1. The normalized spacial score (nSPS) is 10.6. The SMILES string of the molecule is Cc1c(Cl)c(COC(=O)c2ccccc2OCC(N)=O)nc2ccccc12. The molecule has 0 saturated heterocycles. The molecule has 1 heterocycles. The molecule has 1 amide bonds. The molecule has 7 heteroatoms. The summed E-state index contributed by atoms with van der Waals surface area (Å²) in [4.78, 5) is 27.8. The molecule has 0 fully saturated rings. The number of esters is 1. The number of carbonyl (C=O) groups is 2. The predicted octanol–water partition coefficient (Wildman–Crippen LogP) is 3.42.